The fourth-order valence-electron chi connectivity index (χ4n) is 1.81. The third-order valence-corrected chi connectivity index (χ3v) is 3.10. The van der Waals surface area contributed by atoms with Crippen LogP contribution in [0.2, 0.25) is 0 Å². The first-order chi connectivity index (χ1) is 7.47. The molecule has 1 N–H and O–H groups in total. The number of aliphatic hydroxyl groups excluding tert-OH is 1. The topological polar surface area (TPSA) is 63.4 Å². The number of hydrogen-bond donors (Lipinski definition) is 1. The lowest BCUT2D eigenvalue weighted by Gasteiger charge is -2.18. The molecular weight excluding hydrogens is 274 g/mol. The molecule has 0 fully saturated rings. The number of benzene rings is 1. The molecule has 0 aliphatic rings. The van der Waals surface area contributed by atoms with Crippen LogP contribution in [0.4, 0.5) is 5.69 Å². The maximum absolute atomic E-state index is 10.9. The second-order valence-electron chi connectivity index (χ2n) is 3.72. The molecule has 2 unspecified atom stereocenters. The van der Waals surface area contributed by atoms with Crippen molar-refractivity contribution in [3.63, 3.8) is 0 Å². The molecule has 1 aromatic rings. The molecule has 0 heterocycles. The number of hydrogen-bond acceptors (Lipinski definition) is 3. The molecule has 2 atom stereocenters. The molecule has 16 heavy (non-hydrogen) atoms. The maximum Gasteiger partial charge on any atom is 0.273 e. The molecule has 0 saturated carbocycles. The van der Waals surface area contributed by atoms with Crippen molar-refractivity contribution in [3.05, 3.63) is 38.3 Å². The van der Waals surface area contributed by atoms with E-state index in [1.807, 2.05) is 6.92 Å². The van der Waals surface area contributed by atoms with Gasteiger partial charge in [-0.05, 0) is 25.5 Å². The molecule has 5 heteroatoms. The number of nitro groups is 1. The highest BCUT2D eigenvalue weighted by Gasteiger charge is 2.24. The Balaban J connectivity index is 3.27. The SMILES string of the molecule is CCC(c1cc(Br)ccc1[N+](=O)[O-])C(C)O. The summed E-state index contributed by atoms with van der Waals surface area (Å²) >= 11 is 3.29. The molecule has 0 aliphatic carbocycles. The Labute approximate surface area is 103 Å². The highest BCUT2D eigenvalue weighted by Crippen LogP contribution is 2.33. The van der Waals surface area contributed by atoms with Crippen molar-refractivity contribution in [2.24, 2.45) is 0 Å². The number of aliphatic hydroxyl groups is 1. The first kappa shape index (κ1) is 13.1. The minimum atomic E-state index is -0.599. The van der Waals surface area contributed by atoms with Crippen LogP contribution in [-0.2, 0) is 0 Å². The van der Waals surface area contributed by atoms with Crippen LogP contribution in [0.1, 0.15) is 31.7 Å². The third-order valence-electron chi connectivity index (χ3n) is 2.61. The van der Waals surface area contributed by atoms with Gasteiger partial charge >= 0.3 is 0 Å². The molecule has 0 spiro atoms. The van der Waals surface area contributed by atoms with E-state index in [9.17, 15) is 15.2 Å². The molecule has 0 bridgehead atoms. The minimum Gasteiger partial charge on any atom is -0.393 e. The van der Waals surface area contributed by atoms with E-state index in [4.69, 9.17) is 0 Å². The van der Waals surface area contributed by atoms with Crippen molar-refractivity contribution in [3.8, 4) is 0 Å². The summed E-state index contributed by atoms with van der Waals surface area (Å²) in [5.41, 5.74) is 0.646. The van der Waals surface area contributed by atoms with E-state index in [2.05, 4.69) is 15.9 Å². The maximum atomic E-state index is 10.9. The van der Waals surface area contributed by atoms with Crippen molar-refractivity contribution in [2.75, 3.05) is 0 Å². The van der Waals surface area contributed by atoms with E-state index in [1.165, 1.54) is 6.07 Å². The molecule has 88 valence electrons. The van der Waals surface area contributed by atoms with Gasteiger partial charge in [-0.25, -0.2) is 0 Å². The summed E-state index contributed by atoms with van der Waals surface area (Å²) in [5.74, 6) is -0.210. The van der Waals surface area contributed by atoms with Crippen molar-refractivity contribution >= 4 is 21.6 Å². The fraction of sp³-hybridized carbons (Fsp3) is 0.455. The molecule has 0 saturated heterocycles. The van der Waals surface area contributed by atoms with Crippen molar-refractivity contribution in [2.45, 2.75) is 32.3 Å². The van der Waals surface area contributed by atoms with Crippen molar-refractivity contribution < 1.29 is 10.0 Å². The largest absolute Gasteiger partial charge is 0.393 e. The summed E-state index contributed by atoms with van der Waals surface area (Å²) < 4.78 is 0.784. The normalized spacial score (nSPS) is 14.5. The minimum absolute atomic E-state index is 0.0657. The summed E-state index contributed by atoms with van der Waals surface area (Å²) in [7, 11) is 0. The van der Waals surface area contributed by atoms with Gasteiger partial charge in [0.05, 0.1) is 11.0 Å². The van der Waals surface area contributed by atoms with Gasteiger partial charge in [-0.2, -0.15) is 0 Å². The second-order valence-corrected chi connectivity index (χ2v) is 4.63. The van der Waals surface area contributed by atoms with Gasteiger partial charge in [-0.3, -0.25) is 10.1 Å². The van der Waals surface area contributed by atoms with Crippen LogP contribution in [0.25, 0.3) is 0 Å². The second kappa shape index (κ2) is 5.41. The first-order valence-electron chi connectivity index (χ1n) is 5.09. The number of halogens is 1. The fourth-order valence-corrected chi connectivity index (χ4v) is 2.19. The molecular formula is C11H14BrNO3. The van der Waals surface area contributed by atoms with Crippen LogP contribution in [0.5, 0.6) is 0 Å². The lowest BCUT2D eigenvalue weighted by molar-refractivity contribution is -0.385. The van der Waals surface area contributed by atoms with Crippen LogP contribution in [0, 0.1) is 10.1 Å². The highest BCUT2D eigenvalue weighted by molar-refractivity contribution is 9.10. The quantitative estimate of drug-likeness (QED) is 0.683. The van der Waals surface area contributed by atoms with E-state index in [1.54, 1.807) is 19.1 Å². The lowest BCUT2D eigenvalue weighted by atomic mass is 9.90. The van der Waals surface area contributed by atoms with Gasteiger partial charge < -0.3 is 5.11 Å². The summed E-state index contributed by atoms with van der Waals surface area (Å²) in [6.07, 6.45) is 0.0626. The molecule has 4 nitrogen and oxygen atoms in total. The van der Waals surface area contributed by atoms with Crippen LogP contribution >= 0.6 is 15.9 Å². The van der Waals surface area contributed by atoms with E-state index in [0.717, 1.165) is 4.47 Å². The van der Waals surface area contributed by atoms with Crippen LogP contribution in [-0.4, -0.2) is 16.1 Å². The van der Waals surface area contributed by atoms with Crippen LogP contribution < -0.4 is 0 Å². The zero-order valence-corrected chi connectivity index (χ0v) is 10.8. The number of nitro benzene ring substituents is 1. The molecule has 0 amide bonds. The molecule has 0 radical (unpaired) electrons. The van der Waals surface area contributed by atoms with Gasteiger partial charge in [0, 0.05) is 22.0 Å². The standard InChI is InChI=1S/C11H14BrNO3/c1-3-9(7(2)14)10-6-8(12)4-5-11(10)13(15)16/h4-7,9,14H,3H2,1-2H3. The van der Waals surface area contributed by atoms with Crippen molar-refractivity contribution in [1.29, 1.82) is 0 Å². The summed E-state index contributed by atoms with van der Waals surface area (Å²) in [6, 6.07) is 4.81. The Morgan fingerprint density at radius 3 is 2.62 bits per heavy atom. The summed E-state index contributed by atoms with van der Waals surface area (Å²) in [4.78, 5) is 10.5. The summed E-state index contributed by atoms with van der Waals surface area (Å²) in [5, 5.41) is 20.5. The van der Waals surface area contributed by atoms with Gasteiger partial charge in [0.2, 0.25) is 0 Å². The zero-order chi connectivity index (χ0) is 12.3. The van der Waals surface area contributed by atoms with E-state index >= 15 is 0 Å². The van der Waals surface area contributed by atoms with E-state index < -0.39 is 11.0 Å². The first-order valence-corrected chi connectivity index (χ1v) is 5.88. The predicted molar refractivity (Wildman–Crippen MR) is 65.5 cm³/mol. The lowest BCUT2D eigenvalue weighted by Crippen LogP contribution is -2.15. The number of rotatable bonds is 4. The van der Waals surface area contributed by atoms with E-state index in [-0.39, 0.29) is 11.6 Å². The average Bonchev–Trinajstić information content (AvgIpc) is 2.17. The van der Waals surface area contributed by atoms with Crippen LogP contribution in [0.3, 0.4) is 0 Å². The molecule has 1 rings (SSSR count). The molecule has 0 aromatic heterocycles. The Morgan fingerprint density at radius 1 is 1.56 bits per heavy atom. The Morgan fingerprint density at radius 2 is 2.19 bits per heavy atom. The number of nitrogens with zero attached hydrogens (tertiary/aromatic N) is 1. The smallest absolute Gasteiger partial charge is 0.273 e. The Kier molecular flexibility index (Phi) is 4.44. The van der Waals surface area contributed by atoms with Gasteiger partial charge in [0.15, 0.2) is 0 Å². The Hall–Kier alpha value is -0.940. The summed E-state index contributed by atoms with van der Waals surface area (Å²) in [6.45, 7) is 3.56. The molecule has 1 aromatic carbocycles. The van der Waals surface area contributed by atoms with Crippen LogP contribution in [0.15, 0.2) is 22.7 Å². The highest BCUT2D eigenvalue weighted by atomic mass is 79.9. The van der Waals surface area contributed by atoms with E-state index in [0.29, 0.717) is 12.0 Å². The third kappa shape index (κ3) is 2.80. The van der Waals surface area contributed by atoms with Gasteiger partial charge in [-0.1, -0.05) is 22.9 Å². The predicted octanol–water partition coefficient (Wildman–Crippen LogP) is 3.23. The monoisotopic (exact) mass is 287 g/mol. The zero-order valence-electron chi connectivity index (χ0n) is 9.18. The van der Waals surface area contributed by atoms with Gasteiger partial charge in [0.1, 0.15) is 0 Å². The Bertz CT molecular complexity index is 393. The van der Waals surface area contributed by atoms with Gasteiger partial charge in [-0.15, -0.1) is 0 Å². The van der Waals surface area contributed by atoms with Gasteiger partial charge in [0.25, 0.3) is 5.69 Å². The van der Waals surface area contributed by atoms with Crippen molar-refractivity contribution in [1.82, 2.24) is 0 Å². The average molecular weight is 288 g/mol. The molecule has 0 aliphatic heterocycles.